The summed E-state index contributed by atoms with van der Waals surface area (Å²) in [5.74, 6) is 1.37. The summed E-state index contributed by atoms with van der Waals surface area (Å²) in [7, 11) is 0. The molecule has 0 saturated carbocycles. The molecular formula is C16H17NO3. The van der Waals surface area contributed by atoms with E-state index in [0.717, 1.165) is 5.75 Å². The largest absolute Gasteiger partial charge is 0.493 e. The smallest absolute Gasteiger partial charge is 0.167 e. The van der Waals surface area contributed by atoms with Gasteiger partial charge in [-0.2, -0.15) is 0 Å². The van der Waals surface area contributed by atoms with Crippen LogP contribution in [0, 0.1) is 0 Å². The quantitative estimate of drug-likeness (QED) is 0.726. The minimum Gasteiger partial charge on any atom is -0.493 e. The van der Waals surface area contributed by atoms with Crippen LogP contribution in [0.1, 0.15) is 23.7 Å². The predicted molar refractivity (Wildman–Crippen MR) is 76.3 cm³/mol. The van der Waals surface area contributed by atoms with Gasteiger partial charge in [0.25, 0.3) is 0 Å². The van der Waals surface area contributed by atoms with Crippen LogP contribution < -0.4 is 9.47 Å². The standard InChI is InChI=1S/C16H17NO3/c1-2-19-15-10-13(11-17-12-15)16(18)8-9-20-14-6-4-3-5-7-14/h3-7,10-12H,2,8-9H2,1H3. The molecule has 0 spiro atoms. The number of hydrogen-bond donors (Lipinski definition) is 0. The van der Waals surface area contributed by atoms with E-state index in [4.69, 9.17) is 9.47 Å². The number of aromatic nitrogens is 1. The Labute approximate surface area is 118 Å². The average molecular weight is 271 g/mol. The topological polar surface area (TPSA) is 48.4 Å². The van der Waals surface area contributed by atoms with Gasteiger partial charge in [-0.3, -0.25) is 9.78 Å². The lowest BCUT2D eigenvalue weighted by molar-refractivity contribution is 0.0961. The molecule has 0 radical (unpaired) electrons. The van der Waals surface area contributed by atoms with Gasteiger partial charge in [0.2, 0.25) is 0 Å². The molecule has 104 valence electrons. The van der Waals surface area contributed by atoms with Crippen molar-refractivity contribution in [1.29, 1.82) is 0 Å². The van der Waals surface area contributed by atoms with Gasteiger partial charge in [-0.15, -0.1) is 0 Å². The number of hydrogen-bond acceptors (Lipinski definition) is 4. The van der Waals surface area contributed by atoms with Gasteiger partial charge in [-0.1, -0.05) is 18.2 Å². The SMILES string of the molecule is CCOc1cncc(C(=O)CCOc2ccccc2)c1. The molecule has 0 fully saturated rings. The third-order valence-corrected chi connectivity index (χ3v) is 2.69. The number of ketones is 1. The summed E-state index contributed by atoms with van der Waals surface area (Å²) in [6, 6.07) is 11.1. The van der Waals surface area contributed by atoms with Gasteiger partial charge >= 0.3 is 0 Å². The first kappa shape index (κ1) is 14.1. The molecule has 0 bridgehead atoms. The van der Waals surface area contributed by atoms with Crippen molar-refractivity contribution in [3.8, 4) is 11.5 Å². The van der Waals surface area contributed by atoms with Gasteiger partial charge in [0.1, 0.15) is 11.5 Å². The van der Waals surface area contributed by atoms with Crippen LogP contribution in [-0.4, -0.2) is 24.0 Å². The fraction of sp³-hybridized carbons (Fsp3) is 0.250. The monoisotopic (exact) mass is 271 g/mol. The van der Waals surface area contributed by atoms with Gasteiger partial charge in [0, 0.05) is 18.2 Å². The molecule has 0 aliphatic rings. The summed E-state index contributed by atoms with van der Waals surface area (Å²) in [5.41, 5.74) is 0.549. The zero-order valence-corrected chi connectivity index (χ0v) is 11.4. The first-order valence-electron chi connectivity index (χ1n) is 6.58. The fourth-order valence-corrected chi connectivity index (χ4v) is 1.74. The molecular weight excluding hydrogens is 254 g/mol. The number of ether oxygens (including phenoxy) is 2. The second-order valence-corrected chi connectivity index (χ2v) is 4.18. The first-order chi connectivity index (χ1) is 9.79. The molecule has 4 heteroatoms. The van der Waals surface area contributed by atoms with Crippen LogP contribution in [0.5, 0.6) is 11.5 Å². The summed E-state index contributed by atoms with van der Waals surface area (Å²) in [5, 5.41) is 0. The Hall–Kier alpha value is -2.36. The molecule has 0 atom stereocenters. The van der Waals surface area contributed by atoms with Gasteiger partial charge in [0.15, 0.2) is 5.78 Å². The van der Waals surface area contributed by atoms with Crippen molar-refractivity contribution in [2.75, 3.05) is 13.2 Å². The van der Waals surface area contributed by atoms with Gasteiger partial charge in [0.05, 0.1) is 19.4 Å². The van der Waals surface area contributed by atoms with Crippen molar-refractivity contribution in [3.63, 3.8) is 0 Å². The van der Waals surface area contributed by atoms with Crippen LogP contribution in [0.15, 0.2) is 48.8 Å². The normalized spacial score (nSPS) is 10.1. The Morgan fingerprint density at radius 3 is 2.65 bits per heavy atom. The third-order valence-electron chi connectivity index (χ3n) is 2.69. The number of carbonyl (C=O) groups is 1. The maximum absolute atomic E-state index is 12.0. The lowest BCUT2D eigenvalue weighted by Crippen LogP contribution is -2.07. The lowest BCUT2D eigenvalue weighted by atomic mass is 10.1. The molecule has 4 nitrogen and oxygen atoms in total. The molecule has 0 unspecified atom stereocenters. The van der Waals surface area contributed by atoms with Crippen LogP contribution in [-0.2, 0) is 0 Å². The predicted octanol–water partition coefficient (Wildman–Crippen LogP) is 3.13. The molecule has 20 heavy (non-hydrogen) atoms. The number of benzene rings is 1. The van der Waals surface area contributed by atoms with Crippen molar-refractivity contribution in [2.45, 2.75) is 13.3 Å². The van der Waals surface area contributed by atoms with Crippen LogP contribution in [0.25, 0.3) is 0 Å². The second-order valence-electron chi connectivity index (χ2n) is 4.18. The van der Waals surface area contributed by atoms with Crippen LogP contribution in [0.4, 0.5) is 0 Å². The van der Waals surface area contributed by atoms with Crippen LogP contribution in [0.2, 0.25) is 0 Å². The summed E-state index contributed by atoms with van der Waals surface area (Å²) in [6.45, 7) is 2.79. The number of para-hydroxylation sites is 1. The Kier molecular flexibility index (Phi) is 5.12. The van der Waals surface area contributed by atoms with E-state index in [1.807, 2.05) is 37.3 Å². The highest BCUT2D eigenvalue weighted by atomic mass is 16.5. The molecule has 0 aliphatic carbocycles. The zero-order valence-electron chi connectivity index (χ0n) is 11.4. The molecule has 0 N–H and O–H groups in total. The van der Waals surface area contributed by atoms with Crippen molar-refractivity contribution >= 4 is 5.78 Å². The highest BCUT2D eigenvalue weighted by Gasteiger charge is 2.08. The average Bonchev–Trinajstić information content (AvgIpc) is 2.49. The minimum atomic E-state index is -0.00464. The van der Waals surface area contributed by atoms with E-state index >= 15 is 0 Å². The highest BCUT2D eigenvalue weighted by Crippen LogP contribution is 2.13. The second kappa shape index (κ2) is 7.28. The Morgan fingerprint density at radius 2 is 1.90 bits per heavy atom. The number of pyridine rings is 1. The molecule has 0 aliphatic heterocycles. The summed E-state index contributed by atoms with van der Waals surface area (Å²) >= 11 is 0. The molecule has 2 aromatic rings. The van der Waals surface area contributed by atoms with E-state index in [9.17, 15) is 4.79 Å². The molecule has 2 rings (SSSR count). The number of nitrogens with zero attached hydrogens (tertiary/aromatic N) is 1. The van der Waals surface area contributed by atoms with Crippen molar-refractivity contribution in [3.05, 3.63) is 54.4 Å². The van der Waals surface area contributed by atoms with Crippen molar-refractivity contribution < 1.29 is 14.3 Å². The van der Waals surface area contributed by atoms with Gasteiger partial charge in [-0.05, 0) is 25.1 Å². The van der Waals surface area contributed by atoms with Gasteiger partial charge < -0.3 is 9.47 Å². The third kappa shape index (κ3) is 4.09. The summed E-state index contributed by atoms with van der Waals surface area (Å²) in [4.78, 5) is 16.0. The van der Waals surface area contributed by atoms with E-state index in [2.05, 4.69) is 4.98 Å². The Balaban J connectivity index is 1.87. The number of rotatable bonds is 7. The molecule has 0 saturated heterocycles. The van der Waals surface area contributed by atoms with Crippen molar-refractivity contribution in [1.82, 2.24) is 4.98 Å². The highest BCUT2D eigenvalue weighted by molar-refractivity contribution is 5.96. The molecule has 0 amide bonds. The van der Waals surface area contributed by atoms with Crippen LogP contribution >= 0.6 is 0 Å². The molecule has 1 aromatic heterocycles. The number of carbonyl (C=O) groups excluding carboxylic acids is 1. The number of Topliss-reactive ketones (excluding diaryl/α,β-unsaturated/α-hetero) is 1. The fourth-order valence-electron chi connectivity index (χ4n) is 1.74. The van der Waals surface area contributed by atoms with Crippen LogP contribution in [0.3, 0.4) is 0 Å². The summed E-state index contributed by atoms with van der Waals surface area (Å²) in [6.07, 6.45) is 3.46. The zero-order chi connectivity index (χ0) is 14.2. The van der Waals surface area contributed by atoms with Crippen molar-refractivity contribution in [2.24, 2.45) is 0 Å². The Bertz CT molecular complexity index is 555. The van der Waals surface area contributed by atoms with E-state index in [1.165, 1.54) is 0 Å². The van der Waals surface area contributed by atoms with E-state index < -0.39 is 0 Å². The maximum atomic E-state index is 12.0. The van der Waals surface area contributed by atoms with E-state index in [0.29, 0.717) is 30.9 Å². The lowest BCUT2D eigenvalue weighted by Gasteiger charge is -2.06. The maximum Gasteiger partial charge on any atom is 0.167 e. The van der Waals surface area contributed by atoms with E-state index in [1.54, 1.807) is 18.5 Å². The molecule has 1 aromatic carbocycles. The van der Waals surface area contributed by atoms with Gasteiger partial charge in [-0.25, -0.2) is 0 Å². The Morgan fingerprint density at radius 1 is 1.10 bits per heavy atom. The van der Waals surface area contributed by atoms with E-state index in [-0.39, 0.29) is 5.78 Å². The minimum absolute atomic E-state index is 0.00464. The first-order valence-corrected chi connectivity index (χ1v) is 6.58. The summed E-state index contributed by atoms with van der Waals surface area (Å²) < 4.78 is 10.8. The molecule has 1 heterocycles.